The summed E-state index contributed by atoms with van der Waals surface area (Å²) in [6.45, 7) is 2.85. The molecule has 8 nitrogen and oxygen atoms in total. The van der Waals surface area contributed by atoms with Crippen molar-refractivity contribution in [2.24, 2.45) is 0 Å². The summed E-state index contributed by atoms with van der Waals surface area (Å²) in [5.74, 6) is 3.18. The highest BCUT2D eigenvalue weighted by Crippen LogP contribution is 2.33. The Kier molecular flexibility index (Phi) is 5.66. The van der Waals surface area contributed by atoms with Gasteiger partial charge in [0, 0.05) is 32.2 Å². The average Bonchev–Trinajstić information content (AvgIpc) is 2.66. The summed E-state index contributed by atoms with van der Waals surface area (Å²) in [7, 11) is -3.62. The molecule has 0 spiro atoms. The highest BCUT2D eigenvalue weighted by Gasteiger charge is 2.30. The Morgan fingerprint density at radius 3 is 2.54 bits per heavy atom. The van der Waals surface area contributed by atoms with Gasteiger partial charge in [-0.1, -0.05) is 5.92 Å². The summed E-state index contributed by atoms with van der Waals surface area (Å²) >= 11 is 0. The Morgan fingerprint density at radius 1 is 1.15 bits per heavy atom. The van der Waals surface area contributed by atoms with Crippen molar-refractivity contribution in [1.29, 1.82) is 0 Å². The van der Waals surface area contributed by atoms with Gasteiger partial charge in [-0.15, -0.1) is 6.42 Å². The smallest absolute Gasteiger partial charge is 0.243 e. The number of hydrogen-bond acceptors (Lipinski definition) is 6. The van der Waals surface area contributed by atoms with Crippen LogP contribution in [0.1, 0.15) is 0 Å². The van der Waals surface area contributed by atoms with Crippen molar-refractivity contribution in [2.45, 2.75) is 4.90 Å². The number of sulfonamides is 1. The zero-order valence-electron chi connectivity index (χ0n) is 14.3. The van der Waals surface area contributed by atoms with Gasteiger partial charge < -0.3 is 14.8 Å². The minimum atomic E-state index is -3.62. The van der Waals surface area contributed by atoms with Crippen LogP contribution >= 0.6 is 0 Å². The van der Waals surface area contributed by atoms with Crippen LogP contribution in [0.2, 0.25) is 0 Å². The van der Waals surface area contributed by atoms with Crippen LogP contribution in [0.5, 0.6) is 11.5 Å². The molecule has 0 aromatic heterocycles. The minimum Gasteiger partial charge on any atom is -0.486 e. The van der Waals surface area contributed by atoms with Crippen molar-refractivity contribution in [1.82, 2.24) is 14.5 Å². The molecular formula is C17H21N3O5S. The van der Waals surface area contributed by atoms with E-state index in [2.05, 4.69) is 11.2 Å². The van der Waals surface area contributed by atoms with E-state index in [0.29, 0.717) is 50.9 Å². The van der Waals surface area contributed by atoms with Gasteiger partial charge in [-0.25, -0.2) is 8.42 Å². The van der Waals surface area contributed by atoms with E-state index in [0.717, 1.165) is 0 Å². The van der Waals surface area contributed by atoms with Crippen LogP contribution < -0.4 is 14.8 Å². The summed E-state index contributed by atoms with van der Waals surface area (Å²) in [5, 5.41) is 2.60. The number of piperazine rings is 1. The predicted octanol–water partition coefficient (Wildman–Crippen LogP) is -0.486. The lowest BCUT2D eigenvalue weighted by Crippen LogP contribution is -2.51. The van der Waals surface area contributed by atoms with Crippen LogP contribution in [-0.4, -0.2) is 76.0 Å². The van der Waals surface area contributed by atoms with Crippen molar-refractivity contribution in [3.63, 3.8) is 0 Å². The fourth-order valence-corrected chi connectivity index (χ4v) is 4.31. The second-order valence-corrected chi connectivity index (χ2v) is 7.90. The molecule has 0 unspecified atom stereocenters. The summed E-state index contributed by atoms with van der Waals surface area (Å²) in [4.78, 5) is 13.8. The summed E-state index contributed by atoms with van der Waals surface area (Å²) < 4.78 is 38.0. The number of carbonyl (C=O) groups is 1. The maximum atomic E-state index is 12.9. The largest absolute Gasteiger partial charge is 0.486 e. The van der Waals surface area contributed by atoms with E-state index in [9.17, 15) is 13.2 Å². The summed E-state index contributed by atoms with van der Waals surface area (Å²) in [5.41, 5.74) is 0. The number of hydrogen-bond donors (Lipinski definition) is 1. The number of nitrogens with zero attached hydrogens (tertiary/aromatic N) is 2. The molecule has 1 aromatic rings. The fraction of sp³-hybridized carbons (Fsp3) is 0.471. The highest BCUT2D eigenvalue weighted by molar-refractivity contribution is 7.89. The minimum absolute atomic E-state index is 0.161. The first-order valence-electron chi connectivity index (χ1n) is 8.33. The molecule has 2 aliphatic heterocycles. The van der Waals surface area contributed by atoms with Crippen molar-refractivity contribution < 1.29 is 22.7 Å². The van der Waals surface area contributed by atoms with Crippen LogP contribution in [0.4, 0.5) is 0 Å². The molecule has 26 heavy (non-hydrogen) atoms. The third kappa shape index (κ3) is 4.09. The monoisotopic (exact) mass is 379 g/mol. The number of ether oxygens (including phenoxy) is 2. The van der Waals surface area contributed by atoms with E-state index in [-0.39, 0.29) is 23.9 Å². The van der Waals surface area contributed by atoms with E-state index in [1.165, 1.54) is 16.4 Å². The average molecular weight is 379 g/mol. The molecule has 9 heteroatoms. The van der Waals surface area contributed by atoms with Crippen molar-refractivity contribution in [2.75, 3.05) is 52.5 Å². The molecule has 0 saturated carbocycles. The molecule has 1 amide bonds. The van der Waals surface area contributed by atoms with Gasteiger partial charge in [0.25, 0.3) is 0 Å². The van der Waals surface area contributed by atoms with Crippen LogP contribution in [0.15, 0.2) is 23.1 Å². The quantitative estimate of drug-likeness (QED) is 0.695. The maximum Gasteiger partial charge on any atom is 0.243 e. The number of carbonyl (C=O) groups excluding carboxylic acids is 1. The molecule has 1 N–H and O–H groups in total. The SMILES string of the molecule is C#CCNC(=O)CN1CCN(S(=O)(=O)c2ccc3c(c2)OCCO3)CC1. The first-order valence-corrected chi connectivity index (χ1v) is 9.77. The molecular weight excluding hydrogens is 358 g/mol. The molecule has 1 fully saturated rings. The Balaban J connectivity index is 1.61. The van der Waals surface area contributed by atoms with Crippen LogP contribution in [-0.2, 0) is 14.8 Å². The molecule has 0 radical (unpaired) electrons. The van der Waals surface area contributed by atoms with Gasteiger partial charge in [-0.2, -0.15) is 4.31 Å². The van der Waals surface area contributed by atoms with Gasteiger partial charge in [0.05, 0.1) is 18.0 Å². The Bertz CT molecular complexity index is 810. The van der Waals surface area contributed by atoms with E-state index >= 15 is 0 Å². The third-order valence-electron chi connectivity index (χ3n) is 4.24. The molecule has 0 aliphatic carbocycles. The number of benzene rings is 1. The third-order valence-corrected chi connectivity index (χ3v) is 6.13. The topological polar surface area (TPSA) is 88.2 Å². The van der Waals surface area contributed by atoms with Gasteiger partial charge in [-0.3, -0.25) is 9.69 Å². The van der Waals surface area contributed by atoms with E-state index in [1.54, 1.807) is 6.07 Å². The Labute approximate surface area is 153 Å². The number of rotatable bonds is 5. The molecule has 2 heterocycles. The number of amides is 1. The number of fused-ring (bicyclic) bond motifs is 1. The first kappa shape index (κ1) is 18.5. The van der Waals surface area contributed by atoms with Crippen LogP contribution in [0.3, 0.4) is 0 Å². The molecule has 0 atom stereocenters. The molecule has 2 aliphatic rings. The first-order chi connectivity index (χ1) is 12.5. The van der Waals surface area contributed by atoms with Gasteiger partial charge in [0.2, 0.25) is 15.9 Å². The zero-order valence-corrected chi connectivity index (χ0v) is 15.1. The van der Waals surface area contributed by atoms with Crippen molar-refractivity contribution >= 4 is 15.9 Å². The zero-order chi connectivity index (χ0) is 18.6. The van der Waals surface area contributed by atoms with Crippen LogP contribution in [0, 0.1) is 12.3 Å². The molecule has 140 valence electrons. The van der Waals surface area contributed by atoms with Crippen LogP contribution in [0.25, 0.3) is 0 Å². The summed E-state index contributed by atoms with van der Waals surface area (Å²) in [6.07, 6.45) is 5.11. The second kappa shape index (κ2) is 7.95. The molecule has 1 aromatic carbocycles. The van der Waals surface area contributed by atoms with E-state index in [1.807, 2.05) is 4.90 Å². The lowest BCUT2D eigenvalue weighted by atomic mass is 10.3. The van der Waals surface area contributed by atoms with Crippen molar-refractivity contribution in [3.05, 3.63) is 18.2 Å². The van der Waals surface area contributed by atoms with Gasteiger partial charge >= 0.3 is 0 Å². The lowest BCUT2D eigenvalue weighted by Gasteiger charge is -2.33. The predicted molar refractivity (Wildman–Crippen MR) is 94.5 cm³/mol. The summed E-state index contributed by atoms with van der Waals surface area (Å²) in [6, 6.07) is 4.65. The van der Waals surface area contributed by atoms with Gasteiger partial charge in [-0.05, 0) is 12.1 Å². The molecule has 1 saturated heterocycles. The highest BCUT2D eigenvalue weighted by atomic mass is 32.2. The number of nitrogens with one attached hydrogen (secondary N) is 1. The maximum absolute atomic E-state index is 12.9. The van der Waals surface area contributed by atoms with E-state index < -0.39 is 10.0 Å². The van der Waals surface area contributed by atoms with Crippen molar-refractivity contribution in [3.8, 4) is 23.8 Å². The fourth-order valence-electron chi connectivity index (χ4n) is 2.87. The van der Waals surface area contributed by atoms with Gasteiger partial charge in [0.1, 0.15) is 13.2 Å². The standard InChI is InChI=1S/C17H21N3O5S/c1-2-5-18-17(21)13-19-6-8-20(9-7-19)26(22,23)14-3-4-15-16(12-14)25-11-10-24-15/h1,3-4,12H,5-11,13H2,(H,18,21). The Morgan fingerprint density at radius 2 is 1.85 bits per heavy atom. The normalized spacial score (nSPS) is 18.1. The second-order valence-electron chi connectivity index (χ2n) is 5.97. The molecule has 0 bridgehead atoms. The van der Waals surface area contributed by atoms with Gasteiger partial charge in [0.15, 0.2) is 11.5 Å². The number of terminal acetylenes is 1. The lowest BCUT2D eigenvalue weighted by molar-refractivity contribution is -0.122. The van der Waals surface area contributed by atoms with E-state index in [4.69, 9.17) is 15.9 Å². The molecule has 3 rings (SSSR count). The Hall–Kier alpha value is -2.28.